The Balaban J connectivity index is 1.95. The molecule has 0 saturated carbocycles. The number of benzene rings is 2. The minimum Gasteiger partial charge on any atom is -0.456 e. The number of ether oxygens (including phenoxy) is 1. The molecule has 0 fully saturated rings. The van der Waals surface area contributed by atoms with Crippen LogP contribution in [0, 0.1) is 6.92 Å². The highest BCUT2D eigenvalue weighted by atomic mass is 16.5. The number of aliphatic hydroxyl groups is 1. The molecule has 6 nitrogen and oxygen atoms in total. The van der Waals surface area contributed by atoms with Crippen LogP contribution in [0.5, 0.6) is 0 Å². The number of fused-ring (bicyclic) bond motifs is 1. The zero-order valence-corrected chi connectivity index (χ0v) is 13.8. The molecule has 3 aromatic rings. The zero-order chi connectivity index (χ0) is 17.8. The fraction of sp³-hybridized carbons (Fsp3) is 0.211. The van der Waals surface area contributed by atoms with Gasteiger partial charge in [-0.2, -0.15) is 5.10 Å². The Morgan fingerprint density at radius 1 is 1.16 bits per heavy atom. The van der Waals surface area contributed by atoms with Crippen molar-refractivity contribution in [2.75, 3.05) is 6.61 Å². The molecule has 2 aromatic carbocycles. The fourth-order valence-electron chi connectivity index (χ4n) is 2.65. The predicted molar refractivity (Wildman–Crippen MR) is 93.4 cm³/mol. The smallest absolute Gasteiger partial charge is 0.359 e. The molecule has 6 heteroatoms. The van der Waals surface area contributed by atoms with Gasteiger partial charge in [0.05, 0.1) is 18.5 Å². The molecule has 3 rings (SSSR count). The summed E-state index contributed by atoms with van der Waals surface area (Å²) in [5.41, 5.74) is 1.67. The van der Waals surface area contributed by atoms with Crippen LogP contribution in [0.3, 0.4) is 0 Å². The lowest BCUT2D eigenvalue weighted by molar-refractivity contribution is 0.0464. The zero-order valence-electron chi connectivity index (χ0n) is 13.8. The molecular weight excluding hydrogens is 320 g/mol. The molecule has 0 radical (unpaired) electrons. The van der Waals surface area contributed by atoms with Gasteiger partial charge in [0.15, 0.2) is 5.69 Å². The number of aliphatic hydroxyl groups excluding tert-OH is 1. The van der Waals surface area contributed by atoms with Crippen LogP contribution in [0.4, 0.5) is 0 Å². The summed E-state index contributed by atoms with van der Waals surface area (Å²) in [4.78, 5) is 24.9. The fourth-order valence-corrected chi connectivity index (χ4v) is 2.65. The van der Waals surface area contributed by atoms with Crippen molar-refractivity contribution in [1.29, 1.82) is 0 Å². The Morgan fingerprint density at radius 3 is 2.64 bits per heavy atom. The first-order valence-corrected chi connectivity index (χ1v) is 7.93. The van der Waals surface area contributed by atoms with Crippen molar-refractivity contribution in [2.24, 2.45) is 0 Å². The van der Waals surface area contributed by atoms with Crippen molar-refractivity contribution in [3.63, 3.8) is 0 Å². The van der Waals surface area contributed by atoms with E-state index in [2.05, 4.69) is 5.10 Å². The van der Waals surface area contributed by atoms with Crippen LogP contribution in [0.15, 0.2) is 53.3 Å². The average molecular weight is 338 g/mol. The van der Waals surface area contributed by atoms with Gasteiger partial charge in [-0.25, -0.2) is 9.48 Å². The number of nitrogens with zero attached hydrogens (tertiary/aromatic N) is 2. The second kappa shape index (κ2) is 7.27. The molecule has 25 heavy (non-hydrogen) atoms. The van der Waals surface area contributed by atoms with Gasteiger partial charge in [-0.05, 0) is 18.6 Å². The topological polar surface area (TPSA) is 81.4 Å². The van der Waals surface area contributed by atoms with E-state index in [9.17, 15) is 9.59 Å². The summed E-state index contributed by atoms with van der Waals surface area (Å²) < 4.78 is 6.46. The third-order valence-corrected chi connectivity index (χ3v) is 3.83. The Hall–Kier alpha value is -2.99. The third-order valence-electron chi connectivity index (χ3n) is 3.83. The predicted octanol–water partition coefficient (Wildman–Crippen LogP) is 2.05. The monoisotopic (exact) mass is 338 g/mol. The van der Waals surface area contributed by atoms with Gasteiger partial charge < -0.3 is 9.84 Å². The molecule has 1 N–H and O–H groups in total. The van der Waals surface area contributed by atoms with Gasteiger partial charge in [0.25, 0.3) is 5.56 Å². The van der Waals surface area contributed by atoms with E-state index < -0.39 is 5.97 Å². The number of hydrogen-bond acceptors (Lipinski definition) is 5. The summed E-state index contributed by atoms with van der Waals surface area (Å²) >= 11 is 0. The van der Waals surface area contributed by atoms with E-state index in [0.29, 0.717) is 10.8 Å². The van der Waals surface area contributed by atoms with E-state index in [4.69, 9.17) is 9.84 Å². The third kappa shape index (κ3) is 3.59. The lowest BCUT2D eigenvalue weighted by Crippen LogP contribution is -2.27. The molecule has 0 aliphatic rings. The van der Waals surface area contributed by atoms with E-state index in [1.165, 1.54) is 0 Å². The number of rotatable bonds is 5. The van der Waals surface area contributed by atoms with Crippen molar-refractivity contribution in [3.8, 4) is 0 Å². The minimum absolute atomic E-state index is 0.0157. The maximum absolute atomic E-state index is 12.5. The van der Waals surface area contributed by atoms with Crippen LogP contribution in [-0.2, 0) is 17.9 Å². The maximum atomic E-state index is 12.5. The minimum atomic E-state index is -0.607. The molecule has 0 aliphatic carbocycles. The second-order valence-electron chi connectivity index (χ2n) is 5.71. The lowest BCUT2D eigenvalue weighted by Gasteiger charge is -2.10. The average Bonchev–Trinajstić information content (AvgIpc) is 2.62. The standard InChI is InChI=1S/C19H18N2O4/c1-13-5-4-6-14(11-13)12-25-19(24)17-15-7-2-3-8-16(15)18(23)21(20-17)9-10-22/h2-8,11,22H,9-10,12H2,1H3. The molecular formula is C19H18N2O4. The van der Waals surface area contributed by atoms with Crippen LogP contribution in [0.2, 0.25) is 0 Å². The lowest BCUT2D eigenvalue weighted by atomic mass is 10.1. The summed E-state index contributed by atoms with van der Waals surface area (Å²) in [6, 6.07) is 14.4. The van der Waals surface area contributed by atoms with E-state index in [0.717, 1.165) is 15.8 Å². The molecule has 0 aliphatic heterocycles. The first-order chi connectivity index (χ1) is 12.1. The first-order valence-electron chi connectivity index (χ1n) is 7.93. The van der Waals surface area contributed by atoms with Gasteiger partial charge in [-0.15, -0.1) is 0 Å². The van der Waals surface area contributed by atoms with Crippen LogP contribution >= 0.6 is 0 Å². The SMILES string of the molecule is Cc1cccc(COC(=O)c2nn(CCO)c(=O)c3ccccc23)c1. The number of carbonyl (C=O) groups is 1. The van der Waals surface area contributed by atoms with Gasteiger partial charge in [-0.3, -0.25) is 4.79 Å². The van der Waals surface area contributed by atoms with E-state index in [-0.39, 0.29) is 31.0 Å². The molecule has 0 saturated heterocycles. The molecule has 1 heterocycles. The summed E-state index contributed by atoms with van der Waals surface area (Å²) in [6.07, 6.45) is 0. The van der Waals surface area contributed by atoms with Gasteiger partial charge >= 0.3 is 5.97 Å². The van der Waals surface area contributed by atoms with Crippen molar-refractivity contribution in [3.05, 3.63) is 75.7 Å². The van der Waals surface area contributed by atoms with Gasteiger partial charge in [0.1, 0.15) is 6.61 Å². The molecule has 1 aromatic heterocycles. The number of carbonyl (C=O) groups excluding carboxylic acids is 1. The highest BCUT2D eigenvalue weighted by molar-refractivity contribution is 6.02. The van der Waals surface area contributed by atoms with E-state index in [1.807, 2.05) is 31.2 Å². The van der Waals surface area contributed by atoms with Gasteiger partial charge in [-0.1, -0.05) is 48.0 Å². The van der Waals surface area contributed by atoms with Crippen molar-refractivity contribution >= 4 is 16.7 Å². The molecule has 128 valence electrons. The van der Waals surface area contributed by atoms with E-state index in [1.54, 1.807) is 24.3 Å². The second-order valence-corrected chi connectivity index (χ2v) is 5.71. The van der Waals surface area contributed by atoms with Crippen LogP contribution in [0.25, 0.3) is 10.8 Å². The molecule has 0 bridgehead atoms. The van der Waals surface area contributed by atoms with Gasteiger partial charge in [0.2, 0.25) is 0 Å². The number of aryl methyl sites for hydroxylation is 1. The highest BCUT2D eigenvalue weighted by Gasteiger charge is 2.17. The summed E-state index contributed by atoms with van der Waals surface area (Å²) in [6.45, 7) is 1.85. The summed E-state index contributed by atoms with van der Waals surface area (Å²) in [5, 5.41) is 14.0. The van der Waals surface area contributed by atoms with E-state index >= 15 is 0 Å². The van der Waals surface area contributed by atoms with Crippen LogP contribution in [0.1, 0.15) is 21.6 Å². The Morgan fingerprint density at radius 2 is 1.92 bits per heavy atom. The maximum Gasteiger partial charge on any atom is 0.359 e. The Labute approximate surface area is 144 Å². The number of aromatic nitrogens is 2. The molecule has 0 amide bonds. The Kier molecular flexibility index (Phi) is 4.90. The number of hydrogen-bond donors (Lipinski definition) is 1. The quantitative estimate of drug-likeness (QED) is 0.720. The normalized spacial score (nSPS) is 10.8. The van der Waals surface area contributed by atoms with Crippen molar-refractivity contribution in [1.82, 2.24) is 9.78 Å². The van der Waals surface area contributed by atoms with Crippen LogP contribution in [-0.4, -0.2) is 27.5 Å². The highest BCUT2D eigenvalue weighted by Crippen LogP contribution is 2.15. The summed E-state index contributed by atoms with van der Waals surface area (Å²) in [5.74, 6) is -0.607. The first kappa shape index (κ1) is 16.9. The van der Waals surface area contributed by atoms with Crippen LogP contribution < -0.4 is 5.56 Å². The Bertz CT molecular complexity index is 979. The molecule has 0 atom stereocenters. The largest absolute Gasteiger partial charge is 0.456 e. The van der Waals surface area contributed by atoms with Crippen molar-refractivity contribution in [2.45, 2.75) is 20.1 Å². The molecule has 0 unspecified atom stereocenters. The number of esters is 1. The molecule has 0 spiro atoms. The summed E-state index contributed by atoms with van der Waals surface area (Å²) in [7, 11) is 0. The van der Waals surface area contributed by atoms with Gasteiger partial charge in [0, 0.05) is 5.39 Å². The van der Waals surface area contributed by atoms with Crippen molar-refractivity contribution < 1.29 is 14.6 Å².